The van der Waals surface area contributed by atoms with Crippen molar-refractivity contribution in [2.75, 3.05) is 18.1 Å². The average molecular weight is 366 g/mol. The Labute approximate surface area is 154 Å². The van der Waals surface area contributed by atoms with E-state index in [-0.39, 0.29) is 0 Å². The van der Waals surface area contributed by atoms with Crippen LogP contribution in [0.25, 0.3) is 11.4 Å². The molecule has 2 aliphatic heterocycles. The summed E-state index contributed by atoms with van der Waals surface area (Å²) < 4.78 is 7.96. The summed E-state index contributed by atoms with van der Waals surface area (Å²) in [4.78, 5) is 23.4. The van der Waals surface area contributed by atoms with Crippen LogP contribution in [0.4, 0.5) is 5.82 Å². The predicted molar refractivity (Wildman–Crippen MR) is 94.8 cm³/mol. The van der Waals surface area contributed by atoms with Gasteiger partial charge in [0.2, 0.25) is 5.91 Å². The zero-order valence-electron chi connectivity index (χ0n) is 14.5. The number of amides is 1. The second-order valence-electron chi connectivity index (χ2n) is 6.67. The summed E-state index contributed by atoms with van der Waals surface area (Å²) >= 11 is 0. The highest BCUT2D eigenvalue weighted by molar-refractivity contribution is 5.90. The van der Waals surface area contributed by atoms with E-state index in [0.29, 0.717) is 43.4 Å². The van der Waals surface area contributed by atoms with Crippen molar-refractivity contribution in [3.8, 4) is 17.1 Å². The smallest absolute Gasteiger partial charge is 0.249 e. The third-order valence-corrected chi connectivity index (χ3v) is 5.30. The van der Waals surface area contributed by atoms with Crippen LogP contribution >= 0.6 is 0 Å². The van der Waals surface area contributed by atoms with E-state index in [0.717, 1.165) is 17.8 Å². The monoisotopic (exact) mass is 366 g/mol. The van der Waals surface area contributed by atoms with Gasteiger partial charge in [-0.1, -0.05) is 0 Å². The quantitative estimate of drug-likeness (QED) is 0.688. The van der Waals surface area contributed by atoms with Gasteiger partial charge >= 0.3 is 0 Å². The van der Waals surface area contributed by atoms with Gasteiger partial charge < -0.3 is 19.9 Å². The molecule has 5 heterocycles. The van der Waals surface area contributed by atoms with E-state index in [1.807, 2.05) is 21.7 Å². The number of primary amides is 1. The Morgan fingerprint density at radius 1 is 1.30 bits per heavy atom. The van der Waals surface area contributed by atoms with Gasteiger partial charge in [-0.15, -0.1) is 0 Å². The SMILES string of the molecule is NC(=O)C1(c2cn[nH]n2)CCCN1c1cc2c(cn1)-c1nccn1CCO2. The van der Waals surface area contributed by atoms with Gasteiger partial charge in [-0.05, 0) is 12.8 Å². The first kappa shape index (κ1) is 15.8. The number of fused-ring (bicyclic) bond motifs is 3. The van der Waals surface area contributed by atoms with E-state index in [1.165, 1.54) is 0 Å². The molecule has 0 aromatic carbocycles. The molecule has 1 unspecified atom stereocenters. The number of imidazole rings is 1. The minimum absolute atomic E-state index is 0.470. The first-order valence-corrected chi connectivity index (χ1v) is 8.78. The molecule has 0 bridgehead atoms. The molecule has 3 N–H and O–H groups in total. The lowest BCUT2D eigenvalue weighted by molar-refractivity contribution is -0.123. The summed E-state index contributed by atoms with van der Waals surface area (Å²) in [5.41, 5.74) is 6.08. The number of carbonyl (C=O) groups excluding carboxylic acids is 1. The van der Waals surface area contributed by atoms with E-state index in [1.54, 1.807) is 18.6 Å². The zero-order chi connectivity index (χ0) is 18.4. The number of ether oxygens (including phenoxy) is 1. The van der Waals surface area contributed by atoms with E-state index < -0.39 is 11.4 Å². The first-order chi connectivity index (χ1) is 13.2. The molecule has 0 spiro atoms. The first-order valence-electron chi connectivity index (χ1n) is 8.78. The van der Waals surface area contributed by atoms with Crippen molar-refractivity contribution < 1.29 is 9.53 Å². The van der Waals surface area contributed by atoms with Gasteiger partial charge in [0.05, 0.1) is 18.3 Å². The zero-order valence-corrected chi connectivity index (χ0v) is 14.5. The maximum Gasteiger partial charge on any atom is 0.249 e. The average Bonchev–Trinajstić information content (AvgIpc) is 3.40. The summed E-state index contributed by atoms with van der Waals surface area (Å²) in [6.45, 7) is 1.88. The molecule has 5 rings (SSSR count). The number of carbonyl (C=O) groups is 1. The molecular formula is C17H18N8O2. The molecular weight excluding hydrogens is 348 g/mol. The Bertz CT molecular complexity index is 998. The summed E-state index contributed by atoms with van der Waals surface area (Å²) in [5.74, 6) is 1.66. The molecule has 3 aromatic rings. The Kier molecular flexibility index (Phi) is 3.39. The molecule has 1 amide bonds. The number of H-pyrrole nitrogens is 1. The van der Waals surface area contributed by atoms with Crippen LogP contribution in [0.1, 0.15) is 18.5 Å². The molecule has 27 heavy (non-hydrogen) atoms. The number of hydrogen-bond acceptors (Lipinski definition) is 7. The number of aromatic amines is 1. The van der Waals surface area contributed by atoms with E-state index in [4.69, 9.17) is 10.5 Å². The number of hydrogen-bond donors (Lipinski definition) is 2. The van der Waals surface area contributed by atoms with Gasteiger partial charge in [0, 0.05) is 31.2 Å². The van der Waals surface area contributed by atoms with Crippen LogP contribution in [-0.2, 0) is 16.9 Å². The lowest BCUT2D eigenvalue weighted by Gasteiger charge is -2.35. The maximum atomic E-state index is 12.5. The Morgan fingerprint density at radius 2 is 2.22 bits per heavy atom. The van der Waals surface area contributed by atoms with Crippen LogP contribution in [0.3, 0.4) is 0 Å². The van der Waals surface area contributed by atoms with Crippen molar-refractivity contribution in [1.29, 1.82) is 0 Å². The summed E-state index contributed by atoms with van der Waals surface area (Å²) in [7, 11) is 0. The number of nitrogens with two attached hydrogens (primary N) is 1. The Balaban J connectivity index is 1.61. The number of anilines is 1. The predicted octanol–water partition coefficient (Wildman–Crippen LogP) is 0.437. The Hall–Kier alpha value is -3.43. The molecule has 2 aliphatic rings. The van der Waals surface area contributed by atoms with Crippen molar-refractivity contribution in [3.63, 3.8) is 0 Å². The standard InChI is InChI=1S/C17H18N8O2/c18-16(26)17(13-10-21-23-22-13)2-1-4-25(17)14-8-12-11(9-20-14)15-19-3-5-24(15)6-7-27-12/h3,5,8-10H,1-2,4,6-7H2,(H2,18,26)(H,21,22,23). The molecule has 0 aliphatic carbocycles. The second kappa shape index (κ2) is 5.79. The summed E-state index contributed by atoms with van der Waals surface area (Å²) in [6.07, 6.45) is 8.31. The van der Waals surface area contributed by atoms with Gasteiger partial charge in [0.1, 0.15) is 29.7 Å². The summed E-state index contributed by atoms with van der Waals surface area (Å²) in [6, 6.07) is 1.85. The number of nitrogens with zero attached hydrogens (tertiary/aromatic N) is 6. The minimum atomic E-state index is -1.07. The number of nitrogens with one attached hydrogen (secondary N) is 1. The highest BCUT2D eigenvalue weighted by Gasteiger charge is 2.50. The largest absolute Gasteiger partial charge is 0.491 e. The fraction of sp³-hybridized carbons (Fsp3) is 0.353. The third kappa shape index (κ3) is 2.22. The van der Waals surface area contributed by atoms with Crippen molar-refractivity contribution >= 4 is 11.7 Å². The van der Waals surface area contributed by atoms with Crippen molar-refractivity contribution in [3.05, 3.63) is 36.5 Å². The molecule has 0 radical (unpaired) electrons. The second-order valence-corrected chi connectivity index (χ2v) is 6.67. The number of aromatic nitrogens is 6. The van der Waals surface area contributed by atoms with Crippen LogP contribution < -0.4 is 15.4 Å². The van der Waals surface area contributed by atoms with Gasteiger partial charge in [-0.3, -0.25) is 4.79 Å². The van der Waals surface area contributed by atoms with Crippen LogP contribution in [0.2, 0.25) is 0 Å². The minimum Gasteiger partial charge on any atom is -0.491 e. The molecule has 3 aromatic heterocycles. The normalized spacial score (nSPS) is 21.3. The molecule has 138 valence electrons. The van der Waals surface area contributed by atoms with E-state index in [9.17, 15) is 4.79 Å². The van der Waals surface area contributed by atoms with E-state index >= 15 is 0 Å². The van der Waals surface area contributed by atoms with Gasteiger partial charge in [-0.2, -0.15) is 15.4 Å². The van der Waals surface area contributed by atoms with Crippen molar-refractivity contribution in [1.82, 2.24) is 29.9 Å². The lowest BCUT2D eigenvalue weighted by Crippen LogP contribution is -2.52. The molecule has 0 saturated carbocycles. The fourth-order valence-corrected chi connectivity index (χ4v) is 4.03. The van der Waals surface area contributed by atoms with Crippen LogP contribution in [0.15, 0.2) is 30.9 Å². The molecule has 1 atom stereocenters. The van der Waals surface area contributed by atoms with Crippen LogP contribution in [-0.4, -0.2) is 49.0 Å². The topological polar surface area (TPSA) is 128 Å². The molecule has 1 saturated heterocycles. The fourth-order valence-electron chi connectivity index (χ4n) is 4.03. The Morgan fingerprint density at radius 3 is 3.04 bits per heavy atom. The van der Waals surface area contributed by atoms with E-state index in [2.05, 4.69) is 25.4 Å². The molecule has 1 fully saturated rings. The third-order valence-electron chi connectivity index (χ3n) is 5.30. The number of pyridine rings is 1. The van der Waals surface area contributed by atoms with Gasteiger partial charge in [0.15, 0.2) is 5.54 Å². The number of rotatable bonds is 3. The van der Waals surface area contributed by atoms with Crippen LogP contribution in [0.5, 0.6) is 5.75 Å². The van der Waals surface area contributed by atoms with Crippen LogP contribution in [0, 0.1) is 0 Å². The molecule has 10 heteroatoms. The summed E-state index contributed by atoms with van der Waals surface area (Å²) in [5, 5.41) is 10.6. The lowest BCUT2D eigenvalue weighted by atomic mass is 9.91. The molecule has 10 nitrogen and oxygen atoms in total. The van der Waals surface area contributed by atoms with Crippen molar-refractivity contribution in [2.24, 2.45) is 5.73 Å². The highest BCUT2D eigenvalue weighted by atomic mass is 16.5. The maximum absolute atomic E-state index is 12.5. The van der Waals surface area contributed by atoms with Crippen molar-refractivity contribution in [2.45, 2.75) is 24.9 Å². The van der Waals surface area contributed by atoms with Gasteiger partial charge in [-0.25, -0.2) is 9.97 Å². The van der Waals surface area contributed by atoms with Gasteiger partial charge in [0.25, 0.3) is 0 Å². The highest BCUT2D eigenvalue weighted by Crippen LogP contribution is 2.42.